The van der Waals surface area contributed by atoms with Crippen LogP contribution in [0.5, 0.6) is 0 Å². The second kappa shape index (κ2) is 6.02. The molecule has 1 aromatic rings. The third kappa shape index (κ3) is 3.23. The molecule has 0 radical (unpaired) electrons. The molecular weight excluding hydrogens is 262 g/mol. The van der Waals surface area contributed by atoms with Crippen molar-refractivity contribution >= 4 is 23.2 Å². The van der Waals surface area contributed by atoms with Gasteiger partial charge >= 0.3 is 5.97 Å². The molecule has 0 spiro atoms. The number of aliphatic carboxylic acids is 1. The second-order valence-corrected chi connectivity index (χ2v) is 5.72. The minimum Gasteiger partial charge on any atom is -0.481 e. The molecule has 102 valence electrons. The Balaban J connectivity index is 2.02. The minimum atomic E-state index is -0.895. The van der Waals surface area contributed by atoms with Crippen LogP contribution in [0.4, 0.5) is 0 Å². The highest BCUT2D eigenvalue weighted by atomic mass is 32.1. The van der Waals surface area contributed by atoms with Crippen LogP contribution in [0.1, 0.15) is 30.7 Å². The topological polar surface area (TPSA) is 66.4 Å². The molecule has 0 saturated carbocycles. The molecule has 0 fully saturated rings. The van der Waals surface area contributed by atoms with Gasteiger partial charge in [0.1, 0.15) is 0 Å². The van der Waals surface area contributed by atoms with Crippen LogP contribution in [0, 0.1) is 11.8 Å². The summed E-state index contributed by atoms with van der Waals surface area (Å²) >= 11 is 1.58. The number of nitrogens with one attached hydrogen (secondary N) is 1. The second-order valence-electron chi connectivity index (χ2n) is 4.74. The van der Waals surface area contributed by atoms with E-state index in [1.807, 2.05) is 36.6 Å². The Kier molecular flexibility index (Phi) is 4.37. The summed E-state index contributed by atoms with van der Waals surface area (Å²) in [5, 5.41) is 14.0. The summed E-state index contributed by atoms with van der Waals surface area (Å²) in [7, 11) is 0. The molecule has 1 aliphatic carbocycles. The Morgan fingerprint density at radius 2 is 2.05 bits per heavy atom. The highest BCUT2D eigenvalue weighted by molar-refractivity contribution is 7.10. The Morgan fingerprint density at radius 1 is 1.37 bits per heavy atom. The number of amides is 1. The van der Waals surface area contributed by atoms with Gasteiger partial charge in [0, 0.05) is 4.88 Å². The predicted octanol–water partition coefficient (Wildman–Crippen LogP) is 2.59. The van der Waals surface area contributed by atoms with E-state index in [1.165, 1.54) is 0 Å². The Hall–Kier alpha value is -1.62. The smallest absolute Gasteiger partial charge is 0.307 e. The van der Waals surface area contributed by atoms with Crippen LogP contribution in [0.2, 0.25) is 0 Å². The fourth-order valence-corrected chi connectivity index (χ4v) is 3.04. The molecule has 2 N–H and O–H groups in total. The van der Waals surface area contributed by atoms with Crippen LogP contribution in [0.25, 0.3) is 0 Å². The summed E-state index contributed by atoms with van der Waals surface area (Å²) in [6, 6.07) is 3.82. The van der Waals surface area contributed by atoms with Crippen molar-refractivity contribution in [3.8, 4) is 0 Å². The fraction of sp³-hybridized carbons (Fsp3) is 0.429. The number of hydrogen-bond donors (Lipinski definition) is 2. The molecule has 19 heavy (non-hydrogen) atoms. The van der Waals surface area contributed by atoms with Crippen molar-refractivity contribution in [2.24, 2.45) is 11.8 Å². The first-order valence-electron chi connectivity index (χ1n) is 6.31. The zero-order valence-electron chi connectivity index (χ0n) is 10.7. The number of thiophene rings is 1. The Bertz CT molecular complexity index is 481. The number of rotatable bonds is 4. The predicted molar refractivity (Wildman–Crippen MR) is 73.9 cm³/mol. The van der Waals surface area contributed by atoms with Crippen LogP contribution in [-0.2, 0) is 9.59 Å². The summed E-state index contributed by atoms with van der Waals surface area (Å²) in [6.07, 6.45) is 4.66. The third-order valence-electron chi connectivity index (χ3n) is 3.42. The molecular formula is C14H17NO3S. The van der Waals surface area contributed by atoms with Gasteiger partial charge in [0.25, 0.3) is 0 Å². The maximum absolute atomic E-state index is 12.2. The van der Waals surface area contributed by atoms with Gasteiger partial charge in [-0.25, -0.2) is 0 Å². The number of carboxylic acids is 1. The molecule has 0 saturated heterocycles. The summed E-state index contributed by atoms with van der Waals surface area (Å²) in [6.45, 7) is 1.91. The average molecular weight is 279 g/mol. The summed E-state index contributed by atoms with van der Waals surface area (Å²) < 4.78 is 0. The zero-order chi connectivity index (χ0) is 13.8. The molecule has 5 heteroatoms. The average Bonchev–Trinajstić information content (AvgIpc) is 2.92. The number of carbonyl (C=O) groups is 2. The molecule has 1 aliphatic rings. The highest BCUT2D eigenvalue weighted by Crippen LogP contribution is 2.27. The van der Waals surface area contributed by atoms with Gasteiger partial charge in [0.05, 0.1) is 17.9 Å². The molecule has 1 amide bonds. The van der Waals surface area contributed by atoms with E-state index in [0.717, 1.165) is 4.88 Å². The van der Waals surface area contributed by atoms with Gasteiger partial charge < -0.3 is 10.4 Å². The van der Waals surface area contributed by atoms with Gasteiger partial charge in [-0.3, -0.25) is 9.59 Å². The third-order valence-corrected chi connectivity index (χ3v) is 4.47. The summed E-state index contributed by atoms with van der Waals surface area (Å²) in [5.74, 6) is -2.14. The lowest BCUT2D eigenvalue weighted by molar-refractivity contribution is -0.147. The first-order chi connectivity index (χ1) is 9.09. The van der Waals surface area contributed by atoms with Crippen LogP contribution in [-0.4, -0.2) is 17.0 Å². The van der Waals surface area contributed by atoms with E-state index in [9.17, 15) is 9.59 Å². The number of hydrogen-bond acceptors (Lipinski definition) is 3. The van der Waals surface area contributed by atoms with Gasteiger partial charge in [0.15, 0.2) is 0 Å². The molecule has 3 atom stereocenters. The quantitative estimate of drug-likeness (QED) is 0.832. The van der Waals surface area contributed by atoms with Crippen LogP contribution >= 0.6 is 11.3 Å². The monoisotopic (exact) mass is 279 g/mol. The summed E-state index contributed by atoms with van der Waals surface area (Å²) in [4.78, 5) is 24.5. The van der Waals surface area contributed by atoms with E-state index in [-0.39, 0.29) is 11.9 Å². The Labute approximate surface area is 116 Å². The molecule has 0 unspecified atom stereocenters. The van der Waals surface area contributed by atoms with E-state index < -0.39 is 17.8 Å². The lowest BCUT2D eigenvalue weighted by Crippen LogP contribution is -2.39. The lowest BCUT2D eigenvalue weighted by atomic mass is 9.82. The van der Waals surface area contributed by atoms with Crippen LogP contribution in [0.15, 0.2) is 29.7 Å². The number of carboxylic acid groups (broad SMARTS) is 1. The van der Waals surface area contributed by atoms with Crippen molar-refractivity contribution < 1.29 is 14.7 Å². The molecule has 0 aromatic carbocycles. The molecule has 4 nitrogen and oxygen atoms in total. The van der Waals surface area contributed by atoms with E-state index >= 15 is 0 Å². The van der Waals surface area contributed by atoms with Crippen LogP contribution < -0.4 is 5.32 Å². The van der Waals surface area contributed by atoms with Gasteiger partial charge in [-0.1, -0.05) is 18.2 Å². The lowest BCUT2D eigenvalue weighted by Gasteiger charge is -2.25. The largest absolute Gasteiger partial charge is 0.481 e. The van der Waals surface area contributed by atoms with Crippen molar-refractivity contribution in [1.82, 2.24) is 5.32 Å². The normalized spacial score (nSPS) is 23.8. The highest BCUT2D eigenvalue weighted by Gasteiger charge is 2.34. The minimum absolute atomic E-state index is 0.0761. The van der Waals surface area contributed by atoms with Gasteiger partial charge in [-0.05, 0) is 31.2 Å². The SMILES string of the molecule is C[C@@H](NC(=O)[C@@H]1CC=CC[C@@H]1C(=O)O)c1cccs1. The maximum Gasteiger partial charge on any atom is 0.307 e. The van der Waals surface area contributed by atoms with Gasteiger partial charge in [-0.15, -0.1) is 11.3 Å². The van der Waals surface area contributed by atoms with E-state index in [1.54, 1.807) is 11.3 Å². The van der Waals surface area contributed by atoms with E-state index in [0.29, 0.717) is 12.8 Å². The molecule has 0 aliphatic heterocycles. The first-order valence-corrected chi connectivity index (χ1v) is 7.19. The van der Waals surface area contributed by atoms with Crippen molar-refractivity contribution in [2.75, 3.05) is 0 Å². The first kappa shape index (κ1) is 13.8. The van der Waals surface area contributed by atoms with E-state index in [4.69, 9.17) is 5.11 Å². The fourth-order valence-electron chi connectivity index (χ4n) is 2.31. The van der Waals surface area contributed by atoms with Crippen molar-refractivity contribution in [2.45, 2.75) is 25.8 Å². The van der Waals surface area contributed by atoms with Crippen molar-refractivity contribution in [3.63, 3.8) is 0 Å². The van der Waals surface area contributed by atoms with Crippen molar-refractivity contribution in [1.29, 1.82) is 0 Å². The number of allylic oxidation sites excluding steroid dienone is 2. The molecule has 1 heterocycles. The number of carbonyl (C=O) groups excluding carboxylic acids is 1. The van der Waals surface area contributed by atoms with Crippen molar-refractivity contribution in [3.05, 3.63) is 34.5 Å². The molecule has 0 bridgehead atoms. The molecule has 2 rings (SSSR count). The Morgan fingerprint density at radius 3 is 2.63 bits per heavy atom. The van der Waals surface area contributed by atoms with Gasteiger partial charge in [0.2, 0.25) is 5.91 Å². The zero-order valence-corrected chi connectivity index (χ0v) is 11.5. The van der Waals surface area contributed by atoms with Crippen LogP contribution in [0.3, 0.4) is 0 Å². The standard InChI is InChI=1S/C14H17NO3S/c1-9(12-7-4-8-19-12)15-13(16)10-5-2-3-6-11(10)14(17)18/h2-4,7-11H,5-6H2,1H3,(H,15,16)(H,17,18)/t9-,10-,11+/m1/s1. The summed E-state index contributed by atoms with van der Waals surface area (Å²) in [5.41, 5.74) is 0. The van der Waals surface area contributed by atoms with E-state index in [2.05, 4.69) is 5.32 Å². The van der Waals surface area contributed by atoms with Gasteiger partial charge in [-0.2, -0.15) is 0 Å². The molecule has 1 aromatic heterocycles. The maximum atomic E-state index is 12.2.